The normalized spacial score (nSPS) is 11.9. The van der Waals surface area contributed by atoms with Crippen LogP contribution in [0.1, 0.15) is 26.3 Å². The van der Waals surface area contributed by atoms with Crippen LogP contribution >= 0.6 is 11.3 Å². The largest absolute Gasteiger partial charge is 0.494 e. The van der Waals surface area contributed by atoms with Gasteiger partial charge in [-0.25, -0.2) is 4.68 Å². The van der Waals surface area contributed by atoms with Gasteiger partial charge in [0.1, 0.15) is 17.2 Å². The Morgan fingerprint density at radius 2 is 1.49 bits per heavy atom. The molecule has 0 N–H and O–H groups in total. The van der Waals surface area contributed by atoms with Crippen LogP contribution < -0.4 is 25.1 Å². The molecule has 3 heterocycles. The van der Waals surface area contributed by atoms with Gasteiger partial charge in [0, 0.05) is 22.9 Å². The Labute approximate surface area is 251 Å². The number of rotatable bonds is 9. The monoisotopic (exact) mass is 591 g/mol. The zero-order chi connectivity index (χ0) is 29.9. The minimum Gasteiger partial charge on any atom is -0.494 e. The van der Waals surface area contributed by atoms with E-state index >= 15 is 0 Å². The Balaban J connectivity index is 1.44. The molecule has 0 aliphatic heterocycles. The van der Waals surface area contributed by atoms with Crippen molar-refractivity contribution in [2.45, 2.75) is 20.8 Å². The Bertz CT molecular complexity index is 2050. The molecule has 6 rings (SSSR count). The van der Waals surface area contributed by atoms with Gasteiger partial charge in [-0.3, -0.25) is 9.59 Å². The molecular weight excluding hydrogens is 562 g/mol. The van der Waals surface area contributed by atoms with Crippen molar-refractivity contribution in [2.75, 3.05) is 13.2 Å². The summed E-state index contributed by atoms with van der Waals surface area (Å²) < 4.78 is 14.7. The second-order valence-electron chi connectivity index (χ2n) is 10.3. The molecule has 0 saturated carbocycles. The van der Waals surface area contributed by atoms with Crippen LogP contribution in [0.5, 0.6) is 11.5 Å². The van der Waals surface area contributed by atoms with E-state index in [0.29, 0.717) is 40.7 Å². The van der Waals surface area contributed by atoms with Crippen LogP contribution in [0.15, 0.2) is 94.6 Å². The molecule has 0 atom stereocenters. The van der Waals surface area contributed by atoms with Crippen molar-refractivity contribution in [3.63, 3.8) is 0 Å². The molecular formula is C33H29N5O4S. The van der Waals surface area contributed by atoms with Crippen molar-refractivity contribution >= 4 is 22.4 Å². The number of ether oxygens (including phenoxy) is 2. The maximum Gasteiger partial charge on any atom is 0.300 e. The first-order chi connectivity index (χ1) is 20.9. The molecule has 10 heteroatoms. The molecule has 3 aromatic carbocycles. The zero-order valence-electron chi connectivity index (χ0n) is 23.9. The summed E-state index contributed by atoms with van der Waals surface area (Å²) in [5.74, 6) is 1.88. The van der Waals surface area contributed by atoms with Gasteiger partial charge in [0.2, 0.25) is 4.96 Å². The summed E-state index contributed by atoms with van der Waals surface area (Å²) in [4.78, 5) is 30.8. The van der Waals surface area contributed by atoms with E-state index in [1.165, 1.54) is 4.52 Å². The summed E-state index contributed by atoms with van der Waals surface area (Å²) in [5, 5.41) is 9.27. The Morgan fingerprint density at radius 3 is 2.14 bits per heavy atom. The van der Waals surface area contributed by atoms with E-state index in [-0.39, 0.29) is 16.2 Å². The van der Waals surface area contributed by atoms with E-state index in [2.05, 4.69) is 23.9 Å². The molecule has 0 radical (unpaired) electrons. The minimum atomic E-state index is -0.505. The fourth-order valence-electron chi connectivity index (χ4n) is 4.51. The molecule has 0 amide bonds. The Hall–Kier alpha value is -5.09. The standard InChI is InChI=1S/C33H29N5O4S/c1-4-41-26-14-12-23(13-15-26)30-31(39)34-33-38(36-30)32(40)28(43-33)18-24-19-37(25-8-6-5-7-9-25)35-29(24)22-10-16-27(17-11-22)42-20-21(2)3/h5-19,21H,4,20H2,1-3H3. The third-order valence-corrected chi connectivity index (χ3v) is 7.54. The predicted molar refractivity (Wildman–Crippen MR) is 168 cm³/mol. The van der Waals surface area contributed by atoms with Gasteiger partial charge in [0.05, 0.1) is 23.4 Å². The molecule has 0 fully saturated rings. The van der Waals surface area contributed by atoms with Gasteiger partial charge in [0.15, 0.2) is 5.69 Å². The number of aromatic nitrogens is 5. The number of para-hydroxylation sites is 1. The van der Waals surface area contributed by atoms with Gasteiger partial charge in [-0.15, -0.1) is 0 Å². The maximum absolute atomic E-state index is 13.5. The zero-order valence-corrected chi connectivity index (χ0v) is 24.7. The molecule has 0 spiro atoms. The van der Waals surface area contributed by atoms with Gasteiger partial charge in [0.25, 0.3) is 5.56 Å². The van der Waals surface area contributed by atoms with Crippen molar-refractivity contribution in [3.8, 4) is 39.7 Å². The Kier molecular flexibility index (Phi) is 7.84. The average Bonchev–Trinajstić information content (AvgIpc) is 3.57. The number of hydrogen-bond acceptors (Lipinski definition) is 8. The third kappa shape index (κ3) is 5.96. The average molecular weight is 592 g/mol. The van der Waals surface area contributed by atoms with Crippen molar-refractivity contribution < 1.29 is 9.47 Å². The first-order valence-corrected chi connectivity index (χ1v) is 14.8. The number of nitrogens with zero attached hydrogens (tertiary/aromatic N) is 5. The molecule has 216 valence electrons. The molecule has 0 saturated heterocycles. The van der Waals surface area contributed by atoms with E-state index in [1.807, 2.05) is 67.7 Å². The highest BCUT2D eigenvalue weighted by Gasteiger charge is 2.16. The van der Waals surface area contributed by atoms with Gasteiger partial charge in [-0.05, 0) is 79.6 Å². The van der Waals surface area contributed by atoms with E-state index in [9.17, 15) is 9.59 Å². The van der Waals surface area contributed by atoms with Gasteiger partial charge < -0.3 is 9.47 Å². The van der Waals surface area contributed by atoms with Crippen LogP contribution in [-0.4, -0.2) is 37.6 Å². The van der Waals surface area contributed by atoms with Crippen LogP contribution in [0.2, 0.25) is 0 Å². The summed E-state index contributed by atoms with van der Waals surface area (Å²) in [6, 6.07) is 24.5. The number of hydrogen-bond donors (Lipinski definition) is 0. The van der Waals surface area contributed by atoms with Crippen LogP contribution in [-0.2, 0) is 0 Å². The third-order valence-electron chi connectivity index (χ3n) is 6.59. The number of fused-ring (bicyclic) bond motifs is 1. The summed E-state index contributed by atoms with van der Waals surface area (Å²) in [6.45, 7) is 7.27. The lowest BCUT2D eigenvalue weighted by molar-refractivity contribution is 0.271. The molecule has 9 nitrogen and oxygen atoms in total. The first-order valence-electron chi connectivity index (χ1n) is 14.0. The highest BCUT2D eigenvalue weighted by Crippen LogP contribution is 2.27. The van der Waals surface area contributed by atoms with Crippen molar-refractivity contribution in [2.24, 2.45) is 5.92 Å². The van der Waals surface area contributed by atoms with E-state index in [1.54, 1.807) is 35.0 Å². The molecule has 0 bridgehead atoms. The van der Waals surface area contributed by atoms with E-state index in [0.717, 1.165) is 33.9 Å². The van der Waals surface area contributed by atoms with Crippen LogP contribution in [0.25, 0.3) is 39.2 Å². The van der Waals surface area contributed by atoms with Crippen molar-refractivity contribution in [3.05, 3.63) is 116 Å². The van der Waals surface area contributed by atoms with E-state index in [4.69, 9.17) is 14.6 Å². The fraction of sp³-hybridized carbons (Fsp3) is 0.182. The van der Waals surface area contributed by atoms with Crippen molar-refractivity contribution in [1.82, 2.24) is 24.4 Å². The quantitative estimate of drug-likeness (QED) is 0.233. The van der Waals surface area contributed by atoms with E-state index < -0.39 is 5.56 Å². The number of benzene rings is 3. The molecule has 3 aromatic heterocycles. The summed E-state index contributed by atoms with van der Waals surface area (Å²) in [7, 11) is 0. The smallest absolute Gasteiger partial charge is 0.300 e. The molecule has 0 unspecified atom stereocenters. The fourth-order valence-corrected chi connectivity index (χ4v) is 5.40. The lowest BCUT2D eigenvalue weighted by Gasteiger charge is -2.09. The van der Waals surface area contributed by atoms with Crippen LogP contribution in [0.4, 0.5) is 0 Å². The summed E-state index contributed by atoms with van der Waals surface area (Å²) in [6.07, 6.45) is 3.66. The van der Waals surface area contributed by atoms with Crippen molar-refractivity contribution in [1.29, 1.82) is 0 Å². The molecule has 43 heavy (non-hydrogen) atoms. The molecule has 0 aliphatic carbocycles. The topological polar surface area (TPSA) is 101 Å². The van der Waals surface area contributed by atoms with Gasteiger partial charge in [-0.1, -0.05) is 43.4 Å². The van der Waals surface area contributed by atoms with Gasteiger partial charge >= 0.3 is 5.56 Å². The second-order valence-corrected chi connectivity index (χ2v) is 11.3. The summed E-state index contributed by atoms with van der Waals surface area (Å²) >= 11 is 1.11. The lowest BCUT2D eigenvalue weighted by atomic mass is 10.1. The first kappa shape index (κ1) is 28.0. The Morgan fingerprint density at radius 1 is 0.837 bits per heavy atom. The predicted octanol–water partition coefficient (Wildman–Crippen LogP) is 5.01. The van der Waals surface area contributed by atoms with Crippen LogP contribution in [0.3, 0.4) is 0 Å². The van der Waals surface area contributed by atoms with Crippen LogP contribution in [0, 0.1) is 5.92 Å². The minimum absolute atomic E-state index is 0.0966. The van der Waals surface area contributed by atoms with Gasteiger partial charge in [-0.2, -0.15) is 19.7 Å². The summed E-state index contributed by atoms with van der Waals surface area (Å²) in [5.41, 5.74) is 2.96. The highest BCUT2D eigenvalue weighted by atomic mass is 32.1. The molecule has 0 aliphatic rings. The number of thiazole rings is 1. The SMILES string of the molecule is CCOc1ccc(-c2nn3c(=O)c(=Cc4cn(-c5ccccc5)nc4-c4ccc(OCC(C)C)cc4)sc3nc2=O)cc1. The lowest BCUT2D eigenvalue weighted by Crippen LogP contribution is -2.26. The highest BCUT2D eigenvalue weighted by molar-refractivity contribution is 7.15. The second kappa shape index (κ2) is 12.0. The molecule has 6 aromatic rings. The maximum atomic E-state index is 13.5.